The molecular weight excluding hydrogens is 505 g/mol. The standard InChI is InChI=1S/C20H16IN3O6/c1-10-4-11(2)6-13(5-10)23-19(26)14(18(25)22-20(23)27)7-12-8-15(21)17(30-3)16(9-12)24(28)29/h4-9H,1-3H3,(H,22,25,27)/b14-7+. The number of benzene rings is 2. The molecule has 0 atom stereocenters. The topological polar surface area (TPSA) is 119 Å². The molecule has 10 heteroatoms. The molecule has 0 aliphatic carbocycles. The van der Waals surface area contributed by atoms with Crippen LogP contribution < -0.4 is 15.0 Å². The first kappa shape index (κ1) is 21.4. The van der Waals surface area contributed by atoms with Gasteiger partial charge in [-0.1, -0.05) is 6.07 Å². The fourth-order valence-electron chi connectivity index (χ4n) is 3.16. The quantitative estimate of drug-likeness (QED) is 0.216. The summed E-state index contributed by atoms with van der Waals surface area (Å²) in [7, 11) is 1.31. The first-order chi connectivity index (χ1) is 14.1. The smallest absolute Gasteiger partial charge is 0.335 e. The molecular formula is C20H16IN3O6. The zero-order chi connectivity index (χ0) is 22.2. The highest BCUT2D eigenvalue weighted by molar-refractivity contribution is 14.1. The lowest BCUT2D eigenvalue weighted by Crippen LogP contribution is -2.54. The predicted molar refractivity (Wildman–Crippen MR) is 117 cm³/mol. The van der Waals surface area contributed by atoms with E-state index in [0.29, 0.717) is 9.26 Å². The molecule has 4 amide bonds. The minimum atomic E-state index is -0.876. The van der Waals surface area contributed by atoms with E-state index < -0.39 is 22.8 Å². The van der Waals surface area contributed by atoms with Crippen LogP contribution in [0, 0.1) is 27.5 Å². The maximum Gasteiger partial charge on any atom is 0.335 e. The second-order valence-corrected chi connectivity index (χ2v) is 7.78. The van der Waals surface area contributed by atoms with Crippen LogP contribution in [0.25, 0.3) is 6.08 Å². The van der Waals surface area contributed by atoms with Crippen LogP contribution in [-0.2, 0) is 9.59 Å². The van der Waals surface area contributed by atoms with Crippen LogP contribution in [0.5, 0.6) is 5.75 Å². The number of nitrogens with zero attached hydrogens (tertiary/aromatic N) is 2. The lowest BCUT2D eigenvalue weighted by Gasteiger charge is -2.27. The van der Waals surface area contributed by atoms with Gasteiger partial charge in [-0.2, -0.15) is 0 Å². The predicted octanol–water partition coefficient (Wildman–Crippen LogP) is 3.49. The monoisotopic (exact) mass is 521 g/mol. The number of hydrogen-bond acceptors (Lipinski definition) is 6. The molecule has 1 aliphatic rings. The number of methoxy groups -OCH3 is 1. The molecule has 154 valence electrons. The molecule has 1 saturated heterocycles. The van der Waals surface area contributed by atoms with Crippen LogP contribution in [0.4, 0.5) is 16.2 Å². The molecule has 3 rings (SSSR count). The number of nitro benzene ring substituents is 1. The zero-order valence-electron chi connectivity index (χ0n) is 16.2. The summed E-state index contributed by atoms with van der Waals surface area (Å²) >= 11 is 1.86. The maximum atomic E-state index is 13.0. The Morgan fingerprint density at radius 1 is 1.10 bits per heavy atom. The van der Waals surface area contributed by atoms with Crippen LogP contribution in [0.3, 0.4) is 0 Å². The summed E-state index contributed by atoms with van der Waals surface area (Å²) in [6.07, 6.45) is 1.22. The van der Waals surface area contributed by atoms with Crippen molar-refractivity contribution in [3.8, 4) is 5.75 Å². The van der Waals surface area contributed by atoms with Crippen molar-refractivity contribution >= 4 is 57.9 Å². The molecule has 1 N–H and O–H groups in total. The zero-order valence-corrected chi connectivity index (χ0v) is 18.3. The van der Waals surface area contributed by atoms with Gasteiger partial charge in [-0.3, -0.25) is 25.0 Å². The second kappa shape index (κ2) is 8.22. The van der Waals surface area contributed by atoms with E-state index >= 15 is 0 Å². The Morgan fingerprint density at radius 2 is 1.73 bits per heavy atom. The van der Waals surface area contributed by atoms with Gasteiger partial charge in [-0.25, -0.2) is 9.69 Å². The Labute approximate surface area is 185 Å². The lowest BCUT2D eigenvalue weighted by molar-refractivity contribution is -0.385. The van der Waals surface area contributed by atoms with Crippen molar-refractivity contribution in [3.63, 3.8) is 0 Å². The highest BCUT2D eigenvalue weighted by atomic mass is 127. The third-order valence-corrected chi connectivity index (χ3v) is 5.13. The number of anilines is 1. The Hall–Kier alpha value is -3.28. The molecule has 1 heterocycles. The SMILES string of the molecule is COc1c(I)cc(/C=C2\C(=O)NC(=O)N(c3cc(C)cc(C)c3)C2=O)cc1[N+](=O)[O-]. The first-order valence-corrected chi connectivity index (χ1v) is 9.72. The number of aryl methyl sites for hydroxylation is 2. The number of urea groups is 1. The molecule has 0 aromatic heterocycles. The number of hydrogen-bond donors (Lipinski definition) is 1. The normalized spacial score (nSPS) is 15.4. The van der Waals surface area contributed by atoms with E-state index in [9.17, 15) is 24.5 Å². The van der Waals surface area contributed by atoms with Crippen molar-refractivity contribution in [2.75, 3.05) is 12.0 Å². The fourth-order valence-corrected chi connectivity index (χ4v) is 4.01. The van der Waals surface area contributed by atoms with E-state index in [-0.39, 0.29) is 22.6 Å². The van der Waals surface area contributed by atoms with Crippen molar-refractivity contribution in [2.45, 2.75) is 13.8 Å². The van der Waals surface area contributed by atoms with Crippen LogP contribution in [0.1, 0.15) is 16.7 Å². The Balaban J connectivity index is 2.10. The summed E-state index contributed by atoms with van der Waals surface area (Å²) < 4.78 is 5.50. The molecule has 9 nitrogen and oxygen atoms in total. The molecule has 0 radical (unpaired) electrons. The van der Waals surface area contributed by atoms with Crippen LogP contribution in [0.15, 0.2) is 35.9 Å². The van der Waals surface area contributed by atoms with Gasteiger partial charge in [0.25, 0.3) is 11.8 Å². The number of carbonyl (C=O) groups excluding carboxylic acids is 3. The number of nitro groups is 1. The number of halogens is 1. The van der Waals surface area contributed by atoms with Gasteiger partial charge in [0.2, 0.25) is 5.75 Å². The number of rotatable bonds is 4. The van der Waals surface area contributed by atoms with Gasteiger partial charge in [-0.05, 0) is 77.4 Å². The van der Waals surface area contributed by atoms with Crippen molar-refractivity contribution in [3.05, 3.63) is 66.3 Å². The number of amides is 4. The second-order valence-electron chi connectivity index (χ2n) is 6.62. The summed E-state index contributed by atoms with van der Waals surface area (Å²) in [5.74, 6) is -1.62. The highest BCUT2D eigenvalue weighted by Gasteiger charge is 2.37. The molecule has 1 aliphatic heterocycles. The van der Waals surface area contributed by atoms with Crippen molar-refractivity contribution < 1.29 is 24.0 Å². The van der Waals surface area contributed by atoms with E-state index in [4.69, 9.17) is 4.74 Å². The average molecular weight is 521 g/mol. The lowest BCUT2D eigenvalue weighted by atomic mass is 10.0. The summed E-state index contributed by atoms with van der Waals surface area (Å²) in [6.45, 7) is 3.65. The molecule has 0 unspecified atom stereocenters. The molecule has 2 aromatic rings. The fraction of sp³-hybridized carbons (Fsp3) is 0.150. The van der Waals surface area contributed by atoms with Gasteiger partial charge < -0.3 is 4.74 Å². The van der Waals surface area contributed by atoms with Crippen molar-refractivity contribution in [1.82, 2.24) is 5.32 Å². The molecule has 0 saturated carbocycles. The number of barbiturate groups is 1. The van der Waals surface area contributed by atoms with E-state index in [2.05, 4.69) is 5.32 Å². The van der Waals surface area contributed by atoms with Gasteiger partial charge in [0.1, 0.15) is 5.57 Å². The van der Waals surface area contributed by atoms with E-state index in [1.54, 1.807) is 12.1 Å². The number of imide groups is 2. The van der Waals surface area contributed by atoms with Crippen molar-refractivity contribution in [2.24, 2.45) is 0 Å². The van der Waals surface area contributed by atoms with Gasteiger partial charge >= 0.3 is 11.7 Å². The molecule has 0 spiro atoms. The Kier molecular flexibility index (Phi) is 5.87. The average Bonchev–Trinajstić information content (AvgIpc) is 2.63. The van der Waals surface area contributed by atoms with Gasteiger partial charge in [0.05, 0.1) is 21.3 Å². The minimum Gasteiger partial charge on any atom is -0.489 e. The first-order valence-electron chi connectivity index (χ1n) is 8.64. The highest BCUT2D eigenvalue weighted by Crippen LogP contribution is 2.34. The van der Waals surface area contributed by atoms with Gasteiger partial charge in [0.15, 0.2) is 0 Å². The van der Waals surface area contributed by atoms with E-state index in [1.807, 2.05) is 42.5 Å². The molecule has 2 aromatic carbocycles. The summed E-state index contributed by atoms with van der Waals surface area (Å²) in [6, 6.07) is 7.07. The molecule has 30 heavy (non-hydrogen) atoms. The third-order valence-electron chi connectivity index (χ3n) is 4.32. The number of carbonyl (C=O) groups is 3. The molecule has 1 fully saturated rings. The maximum absolute atomic E-state index is 13.0. The number of ether oxygens (including phenoxy) is 1. The third kappa shape index (κ3) is 4.03. The molecule has 0 bridgehead atoms. The van der Waals surface area contributed by atoms with Crippen LogP contribution in [0.2, 0.25) is 0 Å². The largest absolute Gasteiger partial charge is 0.489 e. The minimum absolute atomic E-state index is 0.0780. The van der Waals surface area contributed by atoms with Gasteiger partial charge in [0, 0.05) is 6.07 Å². The summed E-state index contributed by atoms with van der Waals surface area (Å²) in [4.78, 5) is 49.3. The van der Waals surface area contributed by atoms with E-state index in [0.717, 1.165) is 16.0 Å². The van der Waals surface area contributed by atoms with Crippen molar-refractivity contribution in [1.29, 1.82) is 0 Å². The van der Waals surface area contributed by atoms with Crippen LogP contribution >= 0.6 is 22.6 Å². The Bertz CT molecular complexity index is 1120. The summed E-state index contributed by atoms with van der Waals surface area (Å²) in [5, 5.41) is 13.5. The van der Waals surface area contributed by atoms with Gasteiger partial charge in [-0.15, -0.1) is 0 Å². The summed E-state index contributed by atoms with van der Waals surface area (Å²) in [5.41, 5.74) is 1.64. The Morgan fingerprint density at radius 3 is 2.30 bits per heavy atom. The van der Waals surface area contributed by atoms with E-state index in [1.165, 1.54) is 25.3 Å². The van der Waals surface area contributed by atoms with Crippen LogP contribution in [-0.4, -0.2) is 29.9 Å². The number of nitrogens with one attached hydrogen (secondary N) is 1.